The number of oxazole rings is 1. The van der Waals surface area contributed by atoms with Crippen molar-refractivity contribution in [2.24, 2.45) is 0 Å². The molecule has 0 saturated heterocycles. The zero-order valence-electron chi connectivity index (χ0n) is 26.0. The Bertz CT molecular complexity index is 2970. The Morgan fingerprint density at radius 3 is 2.34 bits per heavy atom. The van der Waals surface area contributed by atoms with Crippen LogP contribution in [0.25, 0.3) is 110 Å². The van der Waals surface area contributed by atoms with Gasteiger partial charge in [-0.3, -0.25) is 5.10 Å². The minimum absolute atomic E-state index is 0.333. The zero-order valence-corrected chi connectivity index (χ0v) is 26.8. The SMILES string of the molecule is c1coc(-c2c(-c3cc4ccccc4s3)c(-c3n[nH]c4ccccc34)c(-c3nc4ccccc4[nH]3)c3c(-c4nc5ccccc5o4)noc23)c1. The molecule has 6 aromatic heterocycles. The topological polar surface area (TPSA) is 123 Å². The standard InChI is InChI=1S/C40H22N6O3S/c1-8-18-29-21(10-1)20-30(50-29)32-31(28-17-9-19-47-28)38-35(37(46-49-38)40-43-26-15-6-7-16-27(26)48-40)34(39-41-24-13-4-5-14-25(24)42-39)33(32)36-22-11-2-3-12-23(22)44-45-36/h1-20H,(H,41,42)(H,44,45). The molecule has 0 aliphatic heterocycles. The first-order chi connectivity index (χ1) is 24.8. The predicted octanol–water partition coefficient (Wildman–Crippen LogP) is 10.9. The number of benzene rings is 5. The maximum absolute atomic E-state index is 6.41. The molecule has 0 atom stereocenters. The number of hydrogen-bond donors (Lipinski definition) is 2. The van der Waals surface area contributed by atoms with Crippen molar-refractivity contribution < 1.29 is 13.4 Å². The predicted molar refractivity (Wildman–Crippen MR) is 196 cm³/mol. The molecule has 0 aliphatic carbocycles. The van der Waals surface area contributed by atoms with Gasteiger partial charge in [-0.2, -0.15) is 5.10 Å². The van der Waals surface area contributed by atoms with E-state index in [2.05, 4.69) is 46.5 Å². The van der Waals surface area contributed by atoms with Crippen molar-refractivity contribution >= 4 is 65.4 Å². The number of H-pyrrole nitrogens is 2. The largest absolute Gasteiger partial charge is 0.464 e. The van der Waals surface area contributed by atoms with E-state index in [0.717, 1.165) is 70.4 Å². The molecule has 0 bridgehead atoms. The number of fused-ring (bicyclic) bond motifs is 5. The molecule has 0 aliphatic rings. The van der Waals surface area contributed by atoms with E-state index in [0.29, 0.717) is 39.7 Å². The molecule has 2 N–H and O–H groups in total. The first-order valence-corrected chi connectivity index (χ1v) is 16.9. The van der Waals surface area contributed by atoms with Crippen LogP contribution in [0.2, 0.25) is 0 Å². The fourth-order valence-corrected chi connectivity index (χ4v) is 8.13. The Balaban J connectivity index is 1.39. The molecular weight excluding hydrogens is 645 g/mol. The van der Waals surface area contributed by atoms with E-state index >= 15 is 0 Å². The van der Waals surface area contributed by atoms with Gasteiger partial charge in [0.05, 0.1) is 33.8 Å². The molecule has 0 amide bonds. The Labute approximate surface area is 285 Å². The van der Waals surface area contributed by atoms with Crippen LogP contribution >= 0.6 is 11.3 Å². The quantitative estimate of drug-likeness (QED) is 0.187. The van der Waals surface area contributed by atoms with Gasteiger partial charge in [0.25, 0.3) is 5.89 Å². The number of hydrogen-bond acceptors (Lipinski definition) is 8. The summed E-state index contributed by atoms with van der Waals surface area (Å²) in [7, 11) is 0. The van der Waals surface area contributed by atoms with Gasteiger partial charge in [-0.15, -0.1) is 11.3 Å². The number of para-hydroxylation sites is 5. The van der Waals surface area contributed by atoms with Gasteiger partial charge in [0, 0.05) is 31.7 Å². The van der Waals surface area contributed by atoms with E-state index in [1.807, 2.05) is 78.9 Å². The summed E-state index contributed by atoms with van der Waals surface area (Å²) in [4.78, 5) is 14.7. The van der Waals surface area contributed by atoms with Gasteiger partial charge in [0.15, 0.2) is 16.9 Å². The molecule has 11 aromatic rings. The highest BCUT2D eigenvalue weighted by Gasteiger charge is 2.34. The van der Waals surface area contributed by atoms with Crippen molar-refractivity contribution in [3.63, 3.8) is 0 Å². The molecule has 236 valence electrons. The fraction of sp³-hybridized carbons (Fsp3) is 0. The van der Waals surface area contributed by atoms with Crippen molar-refractivity contribution in [3.05, 3.63) is 122 Å². The Hall–Kier alpha value is -6.78. The third-order valence-corrected chi connectivity index (χ3v) is 10.3. The third kappa shape index (κ3) is 3.93. The summed E-state index contributed by atoms with van der Waals surface area (Å²) in [6, 6.07) is 38.2. The number of aromatic amines is 2. The van der Waals surface area contributed by atoms with E-state index in [1.54, 1.807) is 17.6 Å². The van der Waals surface area contributed by atoms with Crippen LogP contribution in [0.4, 0.5) is 0 Å². The van der Waals surface area contributed by atoms with Crippen molar-refractivity contribution in [1.29, 1.82) is 0 Å². The number of furan rings is 1. The number of nitrogens with one attached hydrogen (secondary N) is 2. The van der Waals surface area contributed by atoms with Crippen molar-refractivity contribution in [2.45, 2.75) is 0 Å². The minimum Gasteiger partial charge on any atom is -0.464 e. The first-order valence-electron chi connectivity index (χ1n) is 16.1. The van der Waals surface area contributed by atoms with E-state index < -0.39 is 0 Å². The Kier molecular flexibility index (Phi) is 5.63. The second kappa shape index (κ2) is 10.4. The van der Waals surface area contributed by atoms with E-state index in [9.17, 15) is 0 Å². The highest BCUT2D eigenvalue weighted by molar-refractivity contribution is 7.22. The molecule has 5 aromatic carbocycles. The number of imidazole rings is 1. The molecule has 11 rings (SSSR count). The summed E-state index contributed by atoms with van der Waals surface area (Å²) in [5, 5.41) is 15.8. The van der Waals surface area contributed by atoms with Crippen LogP contribution in [-0.4, -0.2) is 30.3 Å². The van der Waals surface area contributed by atoms with Crippen LogP contribution in [0.3, 0.4) is 0 Å². The lowest BCUT2D eigenvalue weighted by atomic mass is 9.86. The molecular formula is C40H22N6O3S. The summed E-state index contributed by atoms with van der Waals surface area (Å²) >= 11 is 1.70. The average molecular weight is 667 g/mol. The van der Waals surface area contributed by atoms with E-state index in [4.69, 9.17) is 33.6 Å². The Morgan fingerprint density at radius 2 is 1.48 bits per heavy atom. The van der Waals surface area contributed by atoms with E-state index in [1.165, 1.54) is 0 Å². The molecule has 0 spiro atoms. The Morgan fingerprint density at radius 1 is 0.660 bits per heavy atom. The van der Waals surface area contributed by atoms with Gasteiger partial charge in [0.2, 0.25) is 0 Å². The van der Waals surface area contributed by atoms with Crippen LogP contribution in [-0.2, 0) is 0 Å². The number of rotatable bonds is 5. The molecule has 10 heteroatoms. The lowest BCUT2D eigenvalue weighted by Crippen LogP contribution is -1.97. The van der Waals surface area contributed by atoms with Gasteiger partial charge in [-0.05, 0) is 60.0 Å². The molecule has 50 heavy (non-hydrogen) atoms. The molecule has 0 radical (unpaired) electrons. The van der Waals surface area contributed by atoms with Gasteiger partial charge in [0.1, 0.15) is 22.8 Å². The van der Waals surface area contributed by atoms with Crippen molar-refractivity contribution in [3.8, 4) is 56.0 Å². The van der Waals surface area contributed by atoms with Crippen molar-refractivity contribution in [1.82, 2.24) is 30.3 Å². The van der Waals surface area contributed by atoms with Crippen LogP contribution < -0.4 is 0 Å². The molecule has 9 nitrogen and oxygen atoms in total. The second-order valence-corrected chi connectivity index (χ2v) is 13.2. The van der Waals surface area contributed by atoms with Crippen LogP contribution in [0.1, 0.15) is 0 Å². The highest BCUT2D eigenvalue weighted by atomic mass is 32.1. The normalized spacial score (nSPS) is 12.0. The fourth-order valence-electron chi connectivity index (χ4n) is 7.01. The molecule has 6 heterocycles. The van der Waals surface area contributed by atoms with Crippen molar-refractivity contribution in [2.75, 3.05) is 0 Å². The maximum atomic E-state index is 6.41. The molecule has 0 saturated carbocycles. The highest BCUT2D eigenvalue weighted by Crippen LogP contribution is 2.54. The molecule has 0 unspecified atom stereocenters. The average Bonchev–Trinajstić information content (AvgIpc) is 4.00. The summed E-state index contributed by atoms with van der Waals surface area (Å²) in [5.41, 5.74) is 8.95. The van der Waals surface area contributed by atoms with Crippen LogP contribution in [0.15, 0.2) is 135 Å². The summed E-state index contributed by atoms with van der Waals surface area (Å²) < 4.78 is 20.1. The minimum atomic E-state index is 0.333. The zero-order chi connectivity index (χ0) is 32.8. The van der Waals surface area contributed by atoms with Crippen LogP contribution in [0, 0.1) is 0 Å². The van der Waals surface area contributed by atoms with Crippen LogP contribution in [0.5, 0.6) is 0 Å². The smallest absolute Gasteiger partial charge is 0.250 e. The number of thiophene rings is 1. The number of nitrogens with zero attached hydrogens (tertiary/aromatic N) is 4. The molecule has 0 fully saturated rings. The summed E-state index contributed by atoms with van der Waals surface area (Å²) in [6.45, 7) is 0. The first kappa shape index (κ1) is 27.2. The van der Waals surface area contributed by atoms with E-state index in [-0.39, 0.29) is 0 Å². The third-order valence-electron chi connectivity index (χ3n) is 9.19. The lowest BCUT2D eigenvalue weighted by Gasteiger charge is -2.17. The van der Waals surface area contributed by atoms with Gasteiger partial charge >= 0.3 is 0 Å². The monoisotopic (exact) mass is 666 g/mol. The maximum Gasteiger partial charge on any atom is 0.250 e. The van der Waals surface area contributed by atoms with Gasteiger partial charge < -0.3 is 18.3 Å². The lowest BCUT2D eigenvalue weighted by molar-refractivity contribution is 0.455. The summed E-state index contributed by atoms with van der Waals surface area (Å²) in [5.74, 6) is 1.59. The summed E-state index contributed by atoms with van der Waals surface area (Å²) in [6.07, 6.45) is 1.67. The second-order valence-electron chi connectivity index (χ2n) is 12.1. The van der Waals surface area contributed by atoms with Gasteiger partial charge in [-0.25, -0.2) is 9.97 Å². The number of aromatic nitrogens is 6. The van der Waals surface area contributed by atoms with Gasteiger partial charge in [-0.1, -0.05) is 65.8 Å².